The maximum Gasteiger partial charge on any atom is 0.338 e. The van der Waals surface area contributed by atoms with Gasteiger partial charge in [0.1, 0.15) is 14.8 Å². The van der Waals surface area contributed by atoms with Crippen LogP contribution >= 0.6 is 31.9 Å². The summed E-state index contributed by atoms with van der Waals surface area (Å²) >= 11 is 6.42. The molecule has 0 aliphatic rings. The van der Waals surface area contributed by atoms with Crippen LogP contribution in [-0.2, 0) is 4.74 Å². The van der Waals surface area contributed by atoms with Crippen LogP contribution in [-0.4, -0.2) is 16.6 Å². The van der Waals surface area contributed by atoms with Crippen molar-refractivity contribution in [1.29, 1.82) is 0 Å². The Bertz CT molecular complexity index is 365. The summed E-state index contributed by atoms with van der Waals surface area (Å²) in [6, 6.07) is 3.25. The molecule has 5 heteroatoms. The van der Waals surface area contributed by atoms with Gasteiger partial charge in [0.05, 0.1) is 5.56 Å². The van der Waals surface area contributed by atoms with Crippen LogP contribution in [0.4, 0.5) is 0 Å². The van der Waals surface area contributed by atoms with Gasteiger partial charge in [0.25, 0.3) is 0 Å². The van der Waals surface area contributed by atoms with Crippen LogP contribution in [0.5, 0.6) is 0 Å². The first kappa shape index (κ1) is 12.6. The van der Waals surface area contributed by atoms with Crippen molar-refractivity contribution in [3.8, 4) is 0 Å². The summed E-state index contributed by atoms with van der Waals surface area (Å²) < 4.78 is 6.42. The fourth-order valence-electron chi connectivity index (χ4n) is 0.920. The van der Waals surface area contributed by atoms with Gasteiger partial charge in [0.2, 0.25) is 0 Å². The predicted molar refractivity (Wildman–Crippen MR) is 64.8 cm³/mol. The summed E-state index contributed by atoms with van der Waals surface area (Å²) in [5, 5.41) is 0. The lowest BCUT2D eigenvalue weighted by molar-refractivity contribution is 0.00692. The molecule has 0 fully saturated rings. The van der Waals surface area contributed by atoms with E-state index in [1.807, 2.05) is 20.8 Å². The Hall–Kier alpha value is -0.420. The number of ether oxygens (including phenoxy) is 1. The molecule has 0 saturated heterocycles. The van der Waals surface area contributed by atoms with E-state index in [0.717, 1.165) is 0 Å². The van der Waals surface area contributed by atoms with Gasteiger partial charge in [-0.1, -0.05) is 0 Å². The molecule has 0 N–H and O–H groups in total. The van der Waals surface area contributed by atoms with E-state index >= 15 is 0 Å². The highest BCUT2D eigenvalue weighted by molar-refractivity contribution is 9.11. The smallest absolute Gasteiger partial charge is 0.338 e. The number of hydrogen-bond acceptors (Lipinski definition) is 3. The molecule has 0 atom stereocenters. The van der Waals surface area contributed by atoms with Crippen LogP contribution in [0.25, 0.3) is 0 Å². The lowest BCUT2D eigenvalue weighted by atomic mass is 10.2. The zero-order valence-corrected chi connectivity index (χ0v) is 11.8. The highest BCUT2D eigenvalue weighted by atomic mass is 79.9. The monoisotopic (exact) mass is 335 g/mol. The molecule has 0 aromatic carbocycles. The van der Waals surface area contributed by atoms with Gasteiger partial charge in [-0.15, -0.1) is 0 Å². The van der Waals surface area contributed by atoms with Gasteiger partial charge in [0, 0.05) is 0 Å². The van der Waals surface area contributed by atoms with Crippen molar-refractivity contribution in [3.05, 3.63) is 26.9 Å². The van der Waals surface area contributed by atoms with E-state index in [2.05, 4.69) is 36.8 Å². The Balaban J connectivity index is 2.92. The topological polar surface area (TPSA) is 39.2 Å². The largest absolute Gasteiger partial charge is 0.456 e. The van der Waals surface area contributed by atoms with E-state index in [9.17, 15) is 4.79 Å². The molecule has 82 valence electrons. The number of carbonyl (C=O) groups is 1. The SMILES string of the molecule is CC(C)(C)OC(=O)c1cc(Br)nc(Br)c1. The Morgan fingerprint density at radius 3 is 2.13 bits per heavy atom. The Kier molecular flexibility index (Phi) is 3.89. The van der Waals surface area contributed by atoms with Crippen LogP contribution in [0.2, 0.25) is 0 Å². The Morgan fingerprint density at radius 2 is 1.73 bits per heavy atom. The molecule has 1 aromatic heterocycles. The molecule has 1 heterocycles. The van der Waals surface area contributed by atoms with E-state index in [0.29, 0.717) is 14.8 Å². The normalized spacial score (nSPS) is 11.3. The van der Waals surface area contributed by atoms with E-state index in [1.165, 1.54) is 0 Å². The third-order valence-electron chi connectivity index (χ3n) is 1.40. The minimum absolute atomic E-state index is 0.355. The molecule has 0 amide bonds. The second-order valence-corrected chi connectivity index (χ2v) is 5.63. The molecule has 3 nitrogen and oxygen atoms in total. The zero-order chi connectivity index (χ0) is 11.6. The highest BCUT2D eigenvalue weighted by Gasteiger charge is 2.18. The standard InChI is InChI=1S/C10H11Br2NO2/c1-10(2,3)15-9(14)6-4-7(11)13-8(12)5-6/h4-5H,1-3H3. The van der Waals surface area contributed by atoms with Crippen LogP contribution in [0.1, 0.15) is 31.1 Å². The van der Waals surface area contributed by atoms with Gasteiger partial charge < -0.3 is 4.74 Å². The van der Waals surface area contributed by atoms with Gasteiger partial charge in [-0.05, 0) is 64.8 Å². The molecule has 15 heavy (non-hydrogen) atoms. The maximum atomic E-state index is 11.7. The van der Waals surface area contributed by atoms with Gasteiger partial charge >= 0.3 is 5.97 Å². The third kappa shape index (κ3) is 4.30. The number of aromatic nitrogens is 1. The highest BCUT2D eigenvalue weighted by Crippen LogP contribution is 2.18. The molecular formula is C10H11Br2NO2. The molecule has 1 aromatic rings. The van der Waals surface area contributed by atoms with E-state index in [1.54, 1.807) is 12.1 Å². The van der Waals surface area contributed by atoms with Crippen molar-refractivity contribution in [2.45, 2.75) is 26.4 Å². The Labute approximate surface area is 105 Å². The van der Waals surface area contributed by atoms with Crippen LogP contribution in [0.3, 0.4) is 0 Å². The van der Waals surface area contributed by atoms with Crippen molar-refractivity contribution in [2.75, 3.05) is 0 Å². The number of halogens is 2. The molecule has 0 aliphatic carbocycles. The number of esters is 1. The summed E-state index contributed by atoms with van der Waals surface area (Å²) in [4.78, 5) is 15.7. The summed E-state index contributed by atoms with van der Waals surface area (Å²) in [5.74, 6) is -0.355. The number of rotatable bonds is 1. The van der Waals surface area contributed by atoms with Crippen LogP contribution in [0, 0.1) is 0 Å². The third-order valence-corrected chi connectivity index (χ3v) is 2.21. The average Bonchev–Trinajstić information content (AvgIpc) is 1.98. The Morgan fingerprint density at radius 1 is 1.27 bits per heavy atom. The number of carbonyl (C=O) groups excluding carboxylic acids is 1. The zero-order valence-electron chi connectivity index (χ0n) is 8.67. The van der Waals surface area contributed by atoms with Gasteiger partial charge in [-0.2, -0.15) is 0 Å². The summed E-state index contributed by atoms with van der Waals surface area (Å²) in [6.07, 6.45) is 0. The molecule has 0 unspecified atom stereocenters. The van der Waals surface area contributed by atoms with Crippen molar-refractivity contribution in [2.24, 2.45) is 0 Å². The molecule has 0 spiro atoms. The van der Waals surface area contributed by atoms with Crippen molar-refractivity contribution < 1.29 is 9.53 Å². The molecular weight excluding hydrogens is 326 g/mol. The van der Waals surface area contributed by atoms with Crippen molar-refractivity contribution in [1.82, 2.24) is 4.98 Å². The molecule has 0 saturated carbocycles. The van der Waals surface area contributed by atoms with E-state index < -0.39 is 5.60 Å². The fraction of sp³-hybridized carbons (Fsp3) is 0.400. The first-order valence-electron chi connectivity index (χ1n) is 4.34. The van der Waals surface area contributed by atoms with Crippen molar-refractivity contribution >= 4 is 37.8 Å². The minimum atomic E-state index is -0.487. The fourth-order valence-corrected chi connectivity index (χ4v) is 2.03. The quantitative estimate of drug-likeness (QED) is 0.581. The summed E-state index contributed by atoms with van der Waals surface area (Å²) in [7, 11) is 0. The average molecular weight is 337 g/mol. The van der Waals surface area contributed by atoms with Gasteiger partial charge in [0.15, 0.2) is 0 Å². The lowest BCUT2D eigenvalue weighted by Gasteiger charge is -2.19. The molecule has 0 bridgehead atoms. The second kappa shape index (κ2) is 4.61. The van der Waals surface area contributed by atoms with Gasteiger partial charge in [-0.3, -0.25) is 0 Å². The molecule has 1 rings (SSSR count). The maximum absolute atomic E-state index is 11.7. The summed E-state index contributed by atoms with van der Waals surface area (Å²) in [5.41, 5.74) is -0.0158. The first-order valence-corrected chi connectivity index (χ1v) is 5.93. The van der Waals surface area contributed by atoms with E-state index in [4.69, 9.17) is 4.74 Å². The predicted octanol–water partition coefficient (Wildman–Crippen LogP) is 3.56. The number of nitrogens with zero attached hydrogens (tertiary/aromatic N) is 1. The lowest BCUT2D eigenvalue weighted by Crippen LogP contribution is -2.23. The molecule has 0 aliphatic heterocycles. The van der Waals surface area contributed by atoms with Gasteiger partial charge in [-0.25, -0.2) is 9.78 Å². The molecule has 0 radical (unpaired) electrons. The minimum Gasteiger partial charge on any atom is -0.456 e. The van der Waals surface area contributed by atoms with Crippen LogP contribution < -0.4 is 0 Å². The number of pyridine rings is 1. The second-order valence-electron chi connectivity index (χ2n) is 4.00. The first-order chi connectivity index (χ1) is 6.78. The number of hydrogen-bond donors (Lipinski definition) is 0. The summed E-state index contributed by atoms with van der Waals surface area (Å²) in [6.45, 7) is 5.49. The van der Waals surface area contributed by atoms with E-state index in [-0.39, 0.29) is 5.97 Å². The van der Waals surface area contributed by atoms with Crippen molar-refractivity contribution in [3.63, 3.8) is 0 Å². The van der Waals surface area contributed by atoms with Crippen LogP contribution in [0.15, 0.2) is 21.3 Å².